The van der Waals surface area contributed by atoms with E-state index in [0.717, 1.165) is 0 Å². The normalized spacial score (nSPS) is 9.89. The van der Waals surface area contributed by atoms with E-state index < -0.39 is 5.91 Å². The molecule has 0 aliphatic heterocycles. The van der Waals surface area contributed by atoms with E-state index in [0.29, 0.717) is 13.1 Å². The molecule has 0 spiro atoms. The minimum absolute atomic E-state index is 0.459. The summed E-state index contributed by atoms with van der Waals surface area (Å²) in [6.45, 7) is 1.20. The number of nitrogens with two attached hydrogens (primary N) is 2. The highest BCUT2D eigenvalue weighted by atomic mass is 16.1. The number of rotatable bonds is 4. The van der Waals surface area contributed by atoms with Crippen LogP contribution in [0.3, 0.4) is 0 Å². The first-order valence-corrected chi connectivity index (χ1v) is 2.67. The molecule has 0 heterocycles. The van der Waals surface area contributed by atoms with E-state index in [4.69, 9.17) is 11.5 Å². The summed E-state index contributed by atoms with van der Waals surface area (Å²) in [6.07, 6.45) is 2.73. The molecule has 0 aliphatic rings. The number of hydrogen-bond donors (Lipinski definition) is 3. The molecule has 4 heteroatoms. The van der Waals surface area contributed by atoms with E-state index >= 15 is 0 Å². The lowest BCUT2D eigenvalue weighted by molar-refractivity contribution is -0.113. The molecule has 0 saturated heterocycles. The van der Waals surface area contributed by atoms with Crippen LogP contribution in [-0.4, -0.2) is 19.0 Å². The fraction of sp³-hybridized carbons (Fsp3) is 0.400. The summed E-state index contributed by atoms with van der Waals surface area (Å²) in [4.78, 5) is 10.0. The van der Waals surface area contributed by atoms with Gasteiger partial charge in [-0.1, -0.05) is 0 Å². The molecule has 0 aliphatic carbocycles. The number of amides is 1. The average molecular weight is 129 g/mol. The molecule has 4 nitrogen and oxygen atoms in total. The zero-order valence-electron chi connectivity index (χ0n) is 5.13. The maximum Gasteiger partial charge on any atom is 0.242 e. The van der Waals surface area contributed by atoms with E-state index in [2.05, 4.69) is 5.32 Å². The lowest BCUT2D eigenvalue weighted by atomic mass is 10.5. The Balaban J connectivity index is 3.15. The second kappa shape index (κ2) is 5.11. The Bertz CT molecular complexity index is 111. The van der Waals surface area contributed by atoms with Gasteiger partial charge in [0.05, 0.1) is 0 Å². The smallest absolute Gasteiger partial charge is 0.242 e. The monoisotopic (exact) mass is 129 g/mol. The van der Waals surface area contributed by atoms with Gasteiger partial charge in [-0.05, 0) is 0 Å². The Morgan fingerprint density at radius 3 is 2.78 bits per heavy atom. The molecule has 0 fully saturated rings. The molecule has 0 unspecified atom stereocenters. The molecule has 0 atom stereocenters. The zero-order valence-corrected chi connectivity index (χ0v) is 5.13. The van der Waals surface area contributed by atoms with Gasteiger partial charge in [-0.25, -0.2) is 0 Å². The van der Waals surface area contributed by atoms with Crippen molar-refractivity contribution in [3.8, 4) is 0 Å². The van der Waals surface area contributed by atoms with Gasteiger partial charge in [0.2, 0.25) is 5.91 Å². The van der Waals surface area contributed by atoms with Gasteiger partial charge in [-0.2, -0.15) is 0 Å². The lowest BCUT2D eigenvalue weighted by Gasteiger charge is -1.92. The van der Waals surface area contributed by atoms with Crippen LogP contribution in [-0.2, 0) is 4.79 Å². The van der Waals surface area contributed by atoms with E-state index in [-0.39, 0.29) is 0 Å². The van der Waals surface area contributed by atoms with Crippen LogP contribution in [0.15, 0.2) is 12.3 Å². The highest BCUT2D eigenvalue weighted by molar-refractivity contribution is 5.85. The molecular formula is C5H11N3O. The Morgan fingerprint density at radius 2 is 2.33 bits per heavy atom. The van der Waals surface area contributed by atoms with Gasteiger partial charge in [0.15, 0.2) is 0 Å². The first-order valence-electron chi connectivity index (χ1n) is 2.67. The van der Waals surface area contributed by atoms with E-state index in [1.807, 2.05) is 0 Å². The van der Waals surface area contributed by atoms with Crippen LogP contribution >= 0.6 is 0 Å². The molecule has 0 bridgehead atoms. The first-order chi connectivity index (χ1) is 4.27. The van der Waals surface area contributed by atoms with E-state index in [1.54, 1.807) is 0 Å². The van der Waals surface area contributed by atoms with Crippen molar-refractivity contribution in [3.63, 3.8) is 0 Å². The number of hydrogen-bond acceptors (Lipinski definition) is 3. The summed E-state index contributed by atoms with van der Waals surface area (Å²) in [6, 6.07) is 0. The second-order valence-electron chi connectivity index (χ2n) is 1.48. The summed E-state index contributed by atoms with van der Waals surface area (Å²) in [7, 11) is 0. The van der Waals surface area contributed by atoms with Crippen molar-refractivity contribution in [2.45, 2.75) is 0 Å². The van der Waals surface area contributed by atoms with Crippen molar-refractivity contribution in [1.29, 1.82) is 0 Å². The SMILES string of the molecule is NCCNC=CC(N)=O. The van der Waals surface area contributed by atoms with Gasteiger partial charge in [-0.3, -0.25) is 4.79 Å². The van der Waals surface area contributed by atoms with Crippen molar-refractivity contribution in [2.75, 3.05) is 13.1 Å². The third-order valence-electron chi connectivity index (χ3n) is 0.654. The van der Waals surface area contributed by atoms with E-state index in [9.17, 15) is 4.79 Å². The third kappa shape index (κ3) is 6.97. The average Bonchev–Trinajstić information content (AvgIpc) is 1.80. The molecule has 0 saturated carbocycles. The van der Waals surface area contributed by atoms with Gasteiger partial charge < -0.3 is 16.8 Å². The molecule has 9 heavy (non-hydrogen) atoms. The van der Waals surface area contributed by atoms with Crippen LogP contribution in [0, 0.1) is 0 Å². The van der Waals surface area contributed by atoms with Gasteiger partial charge >= 0.3 is 0 Å². The molecule has 0 rings (SSSR count). The fourth-order valence-corrected chi connectivity index (χ4v) is 0.308. The maximum atomic E-state index is 10.0. The summed E-state index contributed by atoms with van der Waals surface area (Å²) in [5.41, 5.74) is 9.91. The summed E-state index contributed by atoms with van der Waals surface area (Å²) in [5.74, 6) is -0.459. The Kier molecular flexibility index (Phi) is 4.53. The molecule has 0 aromatic carbocycles. The van der Waals surface area contributed by atoms with Gasteiger partial charge in [0.1, 0.15) is 0 Å². The van der Waals surface area contributed by atoms with Crippen molar-refractivity contribution < 1.29 is 4.79 Å². The Labute approximate surface area is 53.9 Å². The van der Waals surface area contributed by atoms with Crippen LogP contribution in [0.2, 0.25) is 0 Å². The van der Waals surface area contributed by atoms with Crippen LogP contribution in [0.4, 0.5) is 0 Å². The van der Waals surface area contributed by atoms with Crippen molar-refractivity contribution in [2.24, 2.45) is 11.5 Å². The second-order valence-corrected chi connectivity index (χ2v) is 1.48. The van der Waals surface area contributed by atoms with Crippen molar-refractivity contribution >= 4 is 5.91 Å². The topological polar surface area (TPSA) is 81.1 Å². The van der Waals surface area contributed by atoms with Crippen LogP contribution in [0.1, 0.15) is 0 Å². The molecule has 52 valence electrons. The predicted molar refractivity (Wildman–Crippen MR) is 35.4 cm³/mol. The van der Waals surface area contributed by atoms with Crippen molar-refractivity contribution in [1.82, 2.24) is 5.32 Å². The third-order valence-corrected chi connectivity index (χ3v) is 0.654. The van der Waals surface area contributed by atoms with Crippen molar-refractivity contribution in [3.05, 3.63) is 12.3 Å². The Hall–Kier alpha value is -1.03. The molecule has 1 amide bonds. The molecule has 0 aromatic rings. The first kappa shape index (κ1) is 7.97. The number of primary amides is 1. The quantitative estimate of drug-likeness (QED) is 0.320. The largest absolute Gasteiger partial charge is 0.389 e. The molecule has 0 aromatic heterocycles. The summed E-state index contributed by atoms with van der Waals surface area (Å²) in [5, 5.41) is 2.76. The Morgan fingerprint density at radius 1 is 1.67 bits per heavy atom. The van der Waals surface area contributed by atoms with Crippen LogP contribution in [0.25, 0.3) is 0 Å². The predicted octanol–water partition coefficient (Wildman–Crippen LogP) is -1.47. The highest BCUT2D eigenvalue weighted by Crippen LogP contribution is 1.62. The summed E-state index contributed by atoms with van der Waals surface area (Å²) < 4.78 is 0. The maximum absolute atomic E-state index is 10.0. The number of carbonyl (C=O) groups excluding carboxylic acids is 1. The van der Waals surface area contributed by atoms with Gasteiger partial charge in [0.25, 0.3) is 0 Å². The number of carbonyl (C=O) groups is 1. The summed E-state index contributed by atoms with van der Waals surface area (Å²) >= 11 is 0. The van der Waals surface area contributed by atoms with E-state index in [1.165, 1.54) is 12.3 Å². The van der Waals surface area contributed by atoms with Crippen LogP contribution < -0.4 is 16.8 Å². The fourth-order valence-electron chi connectivity index (χ4n) is 0.308. The van der Waals surface area contributed by atoms with Gasteiger partial charge in [-0.15, -0.1) is 0 Å². The minimum Gasteiger partial charge on any atom is -0.389 e. The molecular weight excluding hydrogens is 118 g/mol. The van der Waals surface area contributed by atoms with Gasteiger partial charge in [0, 0.05) is 25.4 Å². The minimum atomic E-state index is -0.459. The standard InChI is InChI=1S/C5H11N3O/c6-2-4-8-3-1-5(7)9/h1,3,8H,2,4,6H2,(H2,7,9). The molecule has 5 N–H and O–H groups in total. The number of nitrogens with one attached hydrogen (secondary N) is 1. The lowest BCUT2D eigenvalue weighted by Crippen LogP contribution is -2.18. The van der Waals surface area contributed by atoms with Crippen LogP contribution in [0.5, 0.6) is 0 Å². The molecule has 0 radical (unpaired) electrons. The zero-order chi connectivity index (χ0) is 7.11. The highest BCUT2D eigenvalue weighted by Gasteiger charge is 1.78.